The first-order valence-electron chi connectivity index (χ1n) is 9.65. The van der Waals surface area contributed by atoms with Crippen molar-refractivity contribution in [2.45, 2.75) is 65.3 Å². The summed E-state index contributed by atoms with van der Waals surface area (Å²) in [6.45, 7) is 6.06. The number of nitrogens with one attached hydrogen (secondary N) is 2. The molecule has 0 aromatic carbocycles. The molecule has 0 aliphatic rings. The number of carbonyl (C=O) groups excluding carboxylic acids is 2. The second-order valence-electron chi connectivity index (χ2n) is 6.67. The van der Waals surface area contributed by atoms with E-state index in [0.717, 1.165) is 32.1 Å². The number of hydrogen-bond acceptors (Lipinski definition) is 5. The van der Waals surface area contributed by atoms with Crippen molar-refractivity contribution < 1.29 is 14.8 Å². The highest BCUT2D eigenvalue weighted by molar-refractivity contribution is 5.80. The van der Waals surface area contributed by atoms with Gasteiger partial charge in [-0.3, -0.25) is 30.4 Å². The highest BCUT2D eigenvalue weighted by atomic mass is 16.5. The van der Waals surface area contributed by atoms with Crippen LogP contribution in [0.3, 0.4) is 0 Å². The third kappa shape index (κ3) is 7.42. The van der Waals surface area contributed by atoms with Gasteiger partial charge in [-0.2, -0.15) is 0 Å². The first kappa shape index (κ1) is 22.7. The lowest BCUT2D eigenvalue weighted by molar-refractivity contribution is -0.154. The van der Waals surface area contributed by atoms with E-state index in [-0.39, 0.29) is 30.5 Å². The molecule has 152 valence electrons. The van der Waals surface area contributed by atoms with Gasteiger partial charge in [0.25, 0.3) is 5.56 Å². The fraction of sp³-hybridized carbons (Fsp3) is 0.632. The van der Waals surface area contributed by atoms with Gasteiger partial charge in [0, 0.05) is 18.3 Å². The standard InChI is InChI=1S/C19H32N4O4/c1-4-7-8-9-15(13-22(27)14-24)19(26)21-20-16-10-11-23(18(25)12-16)17(5-2)6-3/h10-12,14-15,17,20,27H,4-9,13H2,1-3H3,(H,21,26). The molecule has 1 rings (SSSR count). The Bertz CT molecular complexity index is 643. The molecule has 2 amide bonds. The Balaban J connectivity index is 2.72. The van der Waals surface area contributed by atoms with Crippen LogP contribution in [-0.2, 0) is 9.59 Å². The number of hydrazine groups is 1. The quantitative estimate of drug-likeness (QED) is 0.211. The van der Waals surface area contributed by atoms with Gasteiger partial charge in [-0.15, -0.1) is 0 Å². The third-order valence-electron chi connectivity index (χ3n) is 4.67. The largest absolute Gasteiger partial charge is 0.312 e. The van der Waals surface area contributed by atoms with Crippen molar-refractivity contribution in [3.05, 3.63) is 28.7 Å². The second-order valence-corrected chi connectivity index (χ2v) is 6.67. The Hall–Kier alpha value is -2.35. The minimum Gasteiger partial charge on any atom is -0.312 e. The van der Waals surface area contributed by atoms with Gasteiger partial charge < -0.3 is 4.57 Å². The zero-order chi connectivity index (χ0) is 20.2. The Morgan fingerprint density at radius 3 is 2.56 bits per heavy atom. The molecule has 0 spiro atoms. The molecule has 0 bridgehead atoms. The topological polar surface area (TPSA) is 104 Å². The van der Waals surface area contributed by atoms with E-state index >= 15 is 0 Å². The third-order valence-corrected chi connectivity index (χ3v) is 4.67. The molecule has 1 aromatic rings. The number of rotatable bonds is 13. The van der Waals surface area contributed by atoms with Crippen molar-refractivity contribution in [1.82, 2.24) is 15.1 Å². The summed E-state index contributed by atoms with van der Waals surface area (Å²) in [6.07, 6.45) is 7.10. The minimum atomic E-state index is -0.538. The molecule has 1 unspecified atom stereocenters. The van der Waals surface area contributed by atoms with Gasteiger partial charge >= 0.3 is 0 Å². The van der Waals surface area contributed by atoms with E-state index in [4.69, 9.17) is 0 Å². The molecule has 8 heteroatoms. The van der Waals surface area contributed by atoms with Crippen LogP contribution in [0, 0.1) is 5.92 Å². The van der Waals surface area contributed by atoms with E-state index in [9.17, 15) is 19.6 Å². The molecule has 0 saturated heterocycles. The minimum absolute atomic E-state index is 0.0724. The van der Waals surface area contributed by atoms with E-state index in [1.54, 1.807) is 16.8 Å². The normalized spacial score (nSPS) is 11.9. The summed E-state index contributed by atoms with van der Waals surface area (Å²) in [5.74, 6) is -0.875. The smallest absolute Gasteiger partial charge is 0.252 e. The van der Waals surface area contributed by atoms with Gasteiger partial charge in [0.1, 0.15) is 0 Å². The monoisotopic (exact) mass is 380 g/mol. The van der Waals surface area contributed by atoms with Gasteiger partial charge in [0.15, 0.2) is 0 Å². The molecule has 0 fully saturated rings. The Kier molecular flexibility index (Phi) is 10.2. The van der Waals surface area contributed by atoms with Crippen LogP contribution in [0.25, 0.3) is 0 Å². The average Bonchev–Trinajstić information content (AvgIpc) is 2.67. The summed E-state index contributed by atoms with van der Waals surface area (Å²) in [5, 5.41) is 9.88. The number of anilines is 1. The lowest BCUT2D eigenvalue weighted by atomic mass is 10.0. The second kappa shape index (κ2) is 12.1. The maximum Gasteiger partial charge on any atom is 0.252 e. The molecule has 1 atom stereocenters. The number of hydroxylamine groups is 2. The van der Waals surface area contributed by atoms with Crippen LogP contribution in [0.15, 0.2) is 23.1 Å². The molecule has 1 aromatic heterocycles. The number of carbonyl (C=O) groups is 2. The van der Waals surface area contributed by atoms with Crippen LogP contribution < -0.4 is 16.4 Å². The van der Waals surface area contributed by atoms with E-state index in [0.29, 0.717) is 17.2 Å². The van der Waals surface area contributed by atoms with Crippen LogP contribution in [0.1, 0.15) is 65.3 Å². The van der Waals surface area contributed by atoms with Crippen LogP contribution in [0.4, 0.5) is 5.69 Å². The lowest BCUT2D eigenvalue weighted by Crippen LogP contribution is -2.40. The Morgan fingerprint density at radius 2 is 2.00 bits per heavy atom. The lowest BCUT2D eigenvalue weighted by Gasteiger charge is -2.20. The first-order chi connectivity index (χ1) is 13.0. The zero-order valence-corrected chi connectivity index (χ0v) is 16.5. The van der Waals surface area contributed by atoms with Crippen molar-refractivity contribution in [3.63, 3.8) is 0 Å². The molecule has 0 radical (unpaired) electrons. The summed E-state index contributed by atoms with van der Waals surface area (Å²) in [4.78, 5) is 35.3. The molecular formula is C19H32N4O4. The molecule has 8 nitrogen and oxygen atoms in total. The first-order valence-corrected chi connectivity index (χ1v) is 9.65. The molecule has 3 N–H and O–H groups in total. The van der Waals surface area contributed by atoms with Crippen molar-refractivity contribution in [3.8, 4) is 0 Å². The summed E-state index contributed by atoms with van der Waals surface area (Å²) in [5.41, 5.74) is 5.67. The van der Waals surface area contributed by atoms with Crippen molar-refractivity contribution >= 4 is 18.0 Å². The molecule has 0 aliphatic carbocycles. The van der Waals surface area contributed by atoms with Crippen LogP contribution >= 0.6 is 0 Å². The van der Waals surface area contributed by atoms with Crippen LogP contribution in [0.5, 0.6) is 0 Å². The van der Waals surface area contributed by atoms with Gasteiger partial charge in [-0.25, -0.2) is 5.06 Å². The average molecular weight is 380 g/mol. The van der Waals surface area contributed by atoms with E-state index in [1.807, 2.05) is 13.8 Å². The molecule has 1 heterocycles. The summed E-state index contributed by atoms with van der Waals surface area (Å²) in [7, 11) is 0. The molecule has 27 heavy (non-hydrogen) atoms. The molecule has 0 aliphatic heterocycles. The highest BCUT2D eigenvalue weighted by Crippen LogP contribution is 2.14. The maximum absolute atomic E-state index is 12.4. The van der Waals surface area contributed by atoms with Gasteiger partial charge in [0.2, 0.25) is 12.3 Å². The fourth-order valence-electron chi connectivity index (χ4n) is 3.00. The maximum atomic E-state index is 12.4. The highest BCUT2D eigenvalue weighted by Gasteiger charge is 2.20. The number of unbranched alkanes of at least 4 members (excludes halogenated alkanes) is 2. The Labute approximate surface area is 160 Å². The van der Waals surface area contributed by atoms with E-state index < -0.39 is 5.92 Å². The van der Waals surface area contributed by atoms with E-state index in [2.05, 4.69) is 17.8 Å². The summed E-state index contributed by atoms with van der Waals surface area (Å²) >= 11 is 0. The predicted octanol–water partition coefficient (Wildman–Crippen LogP) is 2.70. The molecule has 0 saturated carbocycles. The van der Waals surface area contributed by atoms with Gasteiger partial charge in [-0.05, 0) is 25.3 Å². The van der Waals surface area contributed by atoms with E-state index in [1.165, 1.54) is 6.07 Å². The van der Waals surface area contributed by atoms with Crippen molar-refractivity contribution in [2.75, 3.05) is 12.0 Å². The SMILES string of the molecule is CCCCCC(CN(O)C=O)C(=O)NNc1ccn(C(CC)CC)c(=O)c1. The number of amides is 2. The number of pyridine rings is 1. The summed E-state index contributed by atoms with van der Waals surface area (Å²) < 4.78 is 1.69. The van der Waals surface area contributed by atoms with Crippen molar-refractivity contribution in [1.29, 1.82) is 0 Å². The van der Waals surface area contributed by atoms with Gasteiger partial charge in [0.05, 0.1) is 18.2 Å². The van der Waals surface area contributed by atoms with Crippen LogP contribution in [0.2, 0.25) is 0 Å². The fourth-order valence-corrected chi connectivity index (χ4v) is 3.00. The number of hydrogen-bond donors (Lipinski definition) is 3. The predicted molar refractivity (Wildman–Crippen MR) is 104 cm³/mol. The van der Waals surface area contributed by atoms with Crippen molar-refractivity contribution in [2.24, 2.45) is 5.92 Å². The molecular weight excluding hydrogens is 348 g/mol. The zero-order valence-electron chi connectivity index (χ0n) is 16.5. The van der Waals surface area contributed by atoms with Gasteiger partial charge in [-0.1, -0.05) is 40.0 Å². The Morgan fingerprint density at radius 1 is 1.30 bits per heavy atom. The number of aromatic nitrogens is 1. The van der Waals surface area contributed by atoms with Crippen LogP contribution in [-0.4, -0.2) is 33.7 Å². The number of nitrogens with zero attached hydrogens (tertiary/aromatic N) is 2. The summed E-state index contributed by atoms with van der Waals surface area (Å²) in [6, 6.07) is 3.33.